The normalized spacial score (nSPS) is 12.0. The van der Waals surface area contributed by atoms with E-state index < -0.39 is 23.9 Å². The number of pyridine rings is 1. The topological polar surface area (TPSA) is 121 Å². The molecule has 1 amide bonds. The van der Waals surface area contributed by atoms with Crippen LogP contribution < -0.4 is 5.32 Å². The highest BCUT2D eigenvalue weighted by Gasteiger charge is 2.22. The molecule has 2 aromatic heterocycles. The summed E-state index contributed by atoms with van der Waals surface area (Å²) in [5.41, 5.74) is 0.628. The number of hydrogen-bond donors (Lipinski definition) is 3. The first-order chi connectivity index (χ1) is 9.97. The molecule has 21 heavy (non-hydrogen) atoms. The molecule has 1 atom stereocenters. The molecular weight excluding hydrogens is 278 g/mol. The van der Waals surface area contributed by atoms with Crippen LogP contribution in [0.3, 0.4) is 0 Å². The van der Waals surface area contributed by atoms with Crippen LogP contribution in [-0.4, -0.2) is 43.5 Å². The summed E-state index contributed by atoms with van der Waals surface area (Å²) in [5.74, 6) is -3.06. The number of fused-ring (bicyclic) bond motifs is 1. The van der Waals surface area contributed by atoms with Crippen LogP contribution in [-0.2, 0) is 9.59 Å². The summed E-state index contributed by atoms with van der Waals surface area (Å²) in [6.45, 7) is 0. The Morgan fingerprint density at radius 1 is 1.29 bits per heavy atom. The Hall–Kier alpha value is -2.90. The number of carbonyl (C=O) groups excluding carboxylic acids is 1. The first-order valence-electron chi connectivity index (χ1n) is 6.16. The lowest BCUT2D eigenvalue weighted by Gasteiger charge is -2.12. The summed E-state index contributed by atoms with van der Waals surface area (Å²) in [7, 11) is 0. The van der Waals surface area contributed by atoms with Gasteiger partial charge in [-0.1, -0.05) is 6.07 Å². The van der Waals surface area contributed by atoms with E-state index in [1.54, 1.807) is 28.8 Å². The highest BCUT2D eigenvalue weighted by atomic mass is 16.4. The van der Waals surface area contributed by atoms with Crippen molar-refractivity contribution in [3.63, 3.8) is 0 Å². The zero-order valence-corrected chi connectivity index (χ0v) is 10.9. The second-order valence-electron chi connectivity index (χ2n) is 4.39. The van der Waals surface area contributed by atoms with E-state index in [0.29, 0.717) is 5.65 Å². The van der Waals surface area contributed by atoms with Gasteiger partial charge in [-0.05, 0) is 18.6 Å². The number of carboxylic acid groups (broad SMARTS) is 2. The number of aromatic nitrogens is 2. The first kappa shape index (κ1) is 14.5. The van der Waals surface area contributed by atoms with Crippen molar-refractivity contribution in [1.82, 2.24) is 14.7 Å². The molecule has 0 fully saturated rings. The zero-order chi connectivity index (χ0) is 15.4. The van der Waals surface area contributed by atoms with Crippen LogP contribution in [0.1, 0.15) is 23.3 Å². The number of amides is 1. The minimum Gasteiger partial charge on any atom is -0.481 e. The number of imidazole rings is 1. The van der Waals surface area contributed by atoms with Crippen molar-refractivity contribution in [2.24, 2.45) is 0 Å². The fraction of sp³-hybridized carbons (Fsp3) is 0.231. The maximum Gasteiger partial charge on any atom is 0.326 e. The van der Waals surface area contributed by atoms with Gasteiger partial charge < -0.3 is 19.9 Å². The van der Waals surface area contributed by atoms with Crippen LogP contribution in [0.5, 0.6) is 0 Å². The summed E-state index contributed by atoms with van der Waals surface area (Å²) in [5, 5.41) is 19.8. The van der Waals surface area contributed by atoms with Crippen LogP contribution in [0.4, 0.5) is 0 Å². The summed E-state index contributed by atoms with van der Waals surface area (Å²) in [6, 6.07) is 3.97. The van der Waals surface area contributed by atoms with Gasteiger partial charge in [0.2, 0.25) is 0 Å². The average molecular weight is 291 g/mol. The third-order valence-electron chi connectivity index (χ3n) is 2.85. The molecule has 0 bridgehead atoms. The SMILES string of the molecule is O=C(O)CCC(NC(=O)c1cn2ccccc2n1)C(=O)O. The van der Waals surface area contributed by atoms with Gasteiger partial charge in [-0.15, -0.1) is 0 Å². The van der Waals surface area contributed by atoms with Crippen LogP contribution in [0.2, 0.25) is 0 Å². The largest absolute Gasteiger partial charge is 0.481 e. The van der Waals surface area contributed by atoms with Crippen molar-refractivity contribution in [3.05, 3.63) is 36.3 Å². The van der Waals surface area contributed by atoms with E-state index in [4.69, 9.17) is 10.2 Å². The zero-order valence-electron chi connectivity index (χ0n) is 10.9. The number of aliphatic carboxylic acids is 2. The molecule has 2 heterocycles. The summed E-state index contributed by atoms with van der Waals surface area (Å²) in [4.78, 5) is 37.5. The van der Waals surface area contributed by atoms with Gasteiger partial charge in [0, 0.05) is 18.8 Å². The minimum atomic E-state index is -1.28. The highest BCUT2D eigenvalue weighted by molar-refractivity contribution is 5.95. The molecule has 0 aliphatic carbocycles. The van der Waals surface area contributed by atoms with Crippen LogP contribution in [0.25, 0.3) is 5.65 Å². The lowest BCUT2D eigenvalue weighted by atomic mass is 10.1. The molecule has 3 N–H and O–H groups in total. The number of nitrogens with zero attached hydrogens (tertiary/aromatic N) is 2. The van der Waals surface area contributed by atoms with Gasteiger partial charge in [-0.3, -0.25) is 9.59 Å². The van der Waals surface area contributed by atoms with E-state index >= 15 is 0 Å². The number of carbonyl (C=O) groups is 3. The quantitative estimate of drug-likeness (QED) is 0.707. The molecule has 0 saturated carbocycles. The molecule has 0 spiro atoms. The first-order valence-corrected chi connectivity index (χ1v) is 6.16. The second kappa shape index (κ2) is 6.04. The molecule has 8 nitrogen and oxygen atoms in total. The van der Waals surface area contributed by atoms with E-state index in [2.05, 4.69) is 10.3 Å². The Labute approximate surface area is 119 Å². The fourth-order valence-electron chi connectivity index (χ4n) is 1.80. The number of rotatable bonds is 6. The summed E-state index contributed by atoms with van der Waals surface area (Å²) in [6.07, 6.45) is 2.64. The maximum atomic E-state index is 12.0. The minimum absolute atomic E-state index is 0.0720. The number of nitrogens with one attached hydrogen (secondary N) is 1. The van der Waals surface area contributed by atoms with E-state index in [-0.39, 0.29) is 18.5 Å². The van der Waals surface area contributed by atoms with Crippen molar-refractivity contribution in [3.8, 4) is 0 Å². The van der Waals surface area contributed by atoms with Gasteiger partial charge in [0.05, 0.1) is 0 Å². The molecule has 0 radical (unpaired) electrons. The van der Waals surface area contributed by atoms with E-state index in [0.717, 1.165) is 0 Å². The standard InChI is InChI=1S/C13H13N3O5/c17-11(18)5-4-8(13(20)21)15-12(19)9-7-16-6-2-1-3-10(16)14-9/h1-3,6-8H,4-5H2,(H,15,19)(H,17,18)(H,20,21). The van der Waals surface area contributed by atoms with Crippen molar-refractivity contribution in [2.45, 2.75) is 18.9 Å². The van der Waals surface area contributed by atoms with Crippen molar-refractivity contribution < 1.29 is 24.6 Å². The van der Waals surface area contributed by atoms with Crippen molar-refractivity contribution in [2.75, 3.05) is 0 Å². The van der Waals surface area contributed by atoms with Crippen LogP contribution >= 0.6 is 0 Å². The van der Waals surface area contributed by atoms with Gasteiger partial charge in [0.15, 0.2) is 0 Å². The lowest BCUT2D eigenvalue weighted by molar-refractivity contribution is -0.140. The highest BCUT2D eigenvalue weighted by Crippen LogP contribution is 2.06. The average Bonchev–Trinajstić information content (AvgIpc) is 2.86. The maximum absolute atomic E-state index is 12.0. The fourth-order valence-corrected chi connectivity index (χ4v) is 1.80. The van der Waals surface area contributed by atoms with Crippen LogP contribution in [0.15, 0.2) is 30.6 Å². The molecular formula is C13H13N3O5. The Bertz CT molecular complexity index is 661. The Morgan fingerprint density at radius 3 is 2.67 bits per heavy atom. The van der Waals surface area contributed by atoms with Gasteiger partial charge in [0.1, 0.15) is 17.4 Å². The number of carboxylic acids is 2. The molecule has 110 valence electrons. The van der Waals surface area contributed by atoms with Crippen molar-refractivity contribution in [1.29, 1.82) is 0 Å². The van der Waals surface area contributed by atoms with Gasteiger partial charge in [-0.2, -0.15) is 0 Å². The monoisotopic (exact) mass is 291 g/mol. The molecule has 0 saturated heterocycles. The van der Waals surface area contributed by atoms with Crippen molar-refractivity contribution >= 4 is 23.5 Å². The Kier molecular flexibility index (Phi) is 4.17. The van der Waals surface area contributed by atoms with Gasteiger partial charge in [0.25, 0.3) is 5.91 Å². The molecule has 1 unspecified atom stereocenters. The van der Waals surface area contributed by atoms with E-state index in [1.165, 1.54) is 6.20 Å². The second-order valence-corrected chi connectivity index (χ2v) is 4.39. The van der Waals surface area contributed by atoms with E-state index in [1.807, 2.05) is 0 Å². The van der Waals surface area contributed by atoms with E-state index in [9.17, 15) is 14.4 Å². The molecule has 0 aromatic carbocycles. The predicted octanol–water partition coefficient (Wildman–Crippen LogP) is 0.382. The summed E-state index contributed by atoms with van der Waals surface area (Å²) < 4.78 is 1.63. The molecule has 0 aliphatic heterocycles. The molecule has 2 aromatic rings. The Morgan fingerprint density at radius 2 is 2.05 bits per heavy atom. The Balaban J connectivity index is 2.10. The summed E-state index contributed by atoms with van der Waals surface area (Å²) >= 11 is 0. The predicted molar refractivity (Wildman–Crippen MR) is 71.0 cm³/mol. The van der Waals surface area contributed by atoms with Crippen LogP contribution in [0, 0.1) is 0 Å². The third-order valence-corrected chi connectivity index (χ3v) is 2.85. The molecule has 8 heteroatoms. The lowest BCUT2D eigenvalue weighted by Crippen LogP contribution is -2.41. The molecule has 2 rings (SSSR count). The van der Waals surface area contributed by atoms with Gasteiger partial charge >= 0.3 is 11.9 Å². The third kappa shape index (κ3) is 3.56. The number of hydrogen-bond acceptors (Lipinski definition) is 4. The molecule has 0 aliphatic rings. The smallest absolute Gasteiger partial charge is 0.326 e. The van der Waals surface area contributed by atoms with Gasteiger partial charge in [-0.25, -0.2) is 9.78 Å².